The quantitative estimate of drug-likeness (QED) is 0.512. The Kier molecular flexibility index (Phi) is 7.18. The zero-order chi connectivity index (χ0) is 18.0. The van der Waals surface area contributed by atoms with Crippen molar-refractivity contribution < 1.29 is 14.3 Å². The van der Waals surface area contributed by atoms with E-state index in [0.717, 1.165) is 5.56 Å². The van der Waals surface area contributed by atoms with Gasteiger partial charge in [0.1, 0.15) is 0 Å². The van der Waals surface area contributed by atoms with Gasteiger partial charge >= 0.3 is 5.97 Å². The number of hydrogen-bond donors (Lipinski definition) is 0. The molecule has 4 nitrogen and oxygen atoms in total. The van der Waals surface area contributed by atoms with Crippen LogP contribution in [0.3, 0.4) is 0 Å². The molecule has 0 radical (unpaired) electrons. The van der Waals surface area contributed by atoms with Crippen LogP contribution in [0, 0.1) is 11.3 Å². The highest BCUT2D eigenvalue weighted by Gasteiger charge is 2.41. The average Bonchev–Trinajstić information content (AvgIpc) is 2.66. The average molecular weight is 337 g/mol. The van der Waals surface area contributed by atoms with Crippen molar-refractivity contribution in [2.75, 3.05) is 13.2 Å². The molecule has 0 N–H and O–H groups in total. The van der Waals surface area contributed by atoms with Crippen LogP contribution < -0.4 is 0 Å². The van der Waals surface area contributed by atoms with Crippen LogP contribution in [-0.4, -0.2) is 19.2 Å². The minimum Gasteiger partial charge on any atom is -0.465 e. The summed E-state index contributed by atoms with van der Waals surface area (Å²) >= 11 is 0. The van der Waals surface area contributed by atoms with Gasteiger partial charge in [-0.05, 0) is 30.9 Å². The molecule has 2 rings (SSSR count). The van der Waals surface area contributed by atoms with Crippen LogP contribution in [0.25, 0.3) is 0 Å². The standard InChI is InChI=1S/C21H23NO3/c1-2-25-20(23)21(17-22,19-12-7-4-8-13-19)14-9-15-24-16-18-10-5-3-6-11-18/h3-8,10-13H,2,9,14-16H2,1H3. The van der Waals surface area contributed by atoms with E-state index in [-0.39, 0.29) is 6.61 Å². The summed E-state index contributed by atoms with van der Waals surface area (Å²) in [5.41, 5.74) is 0.481. The molecule has 130 valence electrons. The van der Waals surface area contributed by atoms with Crippen LogP contribution in [0.1, 0.15) is 30.9 Å². The SMILES string of the molecule is CCOC(=O)C(C#N)(CCCOCc1ccccc1)c1ccccc1. The van der Waals surface area contributed by atoms with E-state index in [0.29, 0.717) is 31.6 Å². The summed E-state index contributed by atoms with van der Waals surface area (Å²) < 4.78 is 10.9. The molecule has 0 aromatic heterocycles. The fourth-order valence-electron chi connectivity index (χ4n) is 2.71. The first-order valence-electron chi connectivity index (χ1n) is 8.48. The molecule has 0 saturated carbocycles. The number of nitriles is 1. The molecular weight excluding hydrogens is 314 g/mol. The number of rotatable bonds is 9. The van der Waals surface area contributed by atoms with Crippen molar-refractivity contribution in [1.82, 2.24) is 0 Å². The Bertz CT molecular complexity index is 694. The van der Waals surface area contributed by atoms with Crippen molar-refractivity contribution in [3.05, 3.63) is 71.8 Å². The van der Waals surface area contributed by atoms with E-state index < -0.39 is 11.4 Å². The molecule has 0 aliphatic heterocycles. The lowest BCUT2D eigenvalue weighted by atomic mass is 9.78. The van der Waals surface area contributed by atoms with Crippen molar-refractivity contribution in [2.24, 2.45) is 0 Å². The summed E-state index contributed by atoms with van der Waals surface area (Å²) in [4.78, 5) is 12.5. The van der Waals surface area contributed by atoms with Gasteiger partial charge in [-0.15, -0.1) is 0 Å². The second-order valence-corrected chi connectivity index (χ2v) is 5.75. The molecule has 0 heterocycles. The van der Waals surface area contributed by atoms with Crippen molar-refractivity contribution in [2.45, 2.75) is 31.8 Å². The van der Waals surface area contributed by atoms with Crippen LogP contribution in [-0.2, 0) is 26.3 Å². The molecule has 1 unspecified atom stereocenters. The van der Waals surface area contributed by atoms with E-state index in [1.165, 1.54) is 0 Å². The van der Waals surface area contributed by atoms with Crippen LogP contribution in [0.15, 0.2) is 60.7 Å². The molecular formula is C21H23NO3. The Morgan fingerprint density at radius 2 is 1.72 bits per heavy atom. The lowest BCUT2D eigenvalue weighted by Crippen LogP contribution is -2.36. The molecule has 2 aromatic carbocycles. The first kappa shape index (κ1) is 18.7. The lowest BCUT2D eigenvalue weighted by Gasteiger charge is -2.24. The maximum absolute atomic E-state index is 12.5. The molecule has 0 amide bonds. The number of carbonyl (C=O) groups excluding carboxylic acids is 1. The lowest BCUT2D eigenvalue weighted by molar-refractivity contribution is -0.148. The largest absolute Gasteiger partial charge is 0.465 e. The molecule has 0 spiro atoms. The van der Waals surface area contributed by atoms with Crippen molar-refractivity contribution in [3.8, 4) is 6.07 Å². The van der Waals surface area contributed by atoms with Crippen LogP contribution in [0.5, 0.6) is 0 Å². The van der Waals surface area contributed by atoms with Gasteiger partial charge in [0.2, 0.25) is 0 Å². The minimum absolute atomic E-state index is 0.250. The Labute approximate surface area is 149 Å². The third-order valence-electron chi connectivity index (χ3n) is 4.03. The molecule has 1 atom stereocenters. The van der Waals surface area contributed by atoms with Crippen LogP contribution in [0.4, 0.5) is 0 Å². The maximum Gasteiger partial charge on any atom is 0.331 e. The number of ether oxygens (including phenoxy) is 2. The van der Waals surface area contributed by atoms with Crippen LogP contribution >= 0.6 is 0 Å². The van der Waals surface area contributed by atoms with Crippen molar-refractivity contribution >= 4 is 5.97 Å². The second kappa shape index (κ2) is 9.61. The second-order valence-electron chi connectivity index (χ2n) is 5.75. The van der Waals surface area contributed by atoms with Gasteiger partial charge < -0.3 is 9.47 Å². The summed E-state index contributed by atoms with van der Waals surface area (Å²) in [7, 11) is 0. The molecule has 2 aromatic rings. The van der Waals surface area contributed by atoms with Crippen LogP contribution in [0.2, 0.25) is 0 Å². The highest BCUT2D eigenvalue weighted by molar-refractivity contribution is 5.86. The van der Waals surface area contributed by atoms with Crippen molar-refractivity contribution in [1.29, 1.82) is 5.26 Å². The zero-order valence-electron chi connectivity index (χ0n) is 14.5. The highest BCUT2D eigenvalue weighted by atomic mass is 16.5. The molecule has 0 aliphatic carbocycles. The van der Waals surface area contributed by atoms with E-state index in [4.69, 9.17) is 9.47 Å². The maximum atomic E-state index is 12.5. The topological polar surface area (TPSA) is 59.3 Å². The van der Waals surface area contributed by atoms with Gasteiger partial charge in [-0.3, -0.25) is 0 Å². The highest BCUT2D eigenvalue weighted by Crippen LogP contribution is 2.30. The summed E-state index contributed by atoms with van der Waals surface area (Å²) in [6, 6.07) is 21.2. The van der Waals surface area contributed by atoms with Gasteiger partial charge in [0.15, 0.2) is 5.41 Å². The summed E-state index contributed by atoms with van der Waals surface area (Å²) in [6.45, 7) is 2.99. The number of benzene rings is 2. The Morgan fingerprint density at radius 1 is 1.08 bits per heavy atom. The monoisotopic (exact) mass is 337 g/mol. The Morgan fingerprint density at radius 3 is 2.32 bits per heavy atom. The zero-order valence-corrected chi connectivity index (χ0v) is 14.5. The van der Waals surface area contributed by atoms with E-state index >= 15 is 0 Å². The van der Waals surface area contributed by atoms with Gasteiger partial charge in [0, 0.05) is 6.61 Å². The molecule has 0 saturated heterocycles. The summed E-state index contributed by atoms with van der Waals surface area (Å²) in [5.74, 6) is -0.494. The smallest absolute Gasteiger partial charge is 0.331 e. The van der Waals surface area contributed by atoms with Gasteiger partial charge in [-0.2, -0.15) is 5.26 Å². The molecule has 0 aliphatic rings. The number of esters is 1. The Balaban J connectivity index is 1.99. The van der Waals surface area contributed by atoms with Crippen molar-refractivity contribution in [3.63, 3.8) is 0 Å². The van der Waals surface area contributed by atoms with Gasteiger partial charge in [-0.25, -0.2) is 4.79 Å². The minimum atomic E-state index is -1.28. The predicted molar refractivity (Wildman–Crippen MR) is 95.7 cm³/mol. The summed E-state index contributed by atoms with van der Waals surface area (Å²) in [6.07, 6.45) is 0.954. The van der Waals surface area contributed by atoms with Gasteiger partial charge in [0.05, 0.1) is 19.3 Å². The first-order chi connectivity index (χ1) is 12.2. The van der Waals surface area contributed by atoms with Gasteiger partial charge in [-0.1, -0.05) is 60.7 Å². The molecule has 0 fully saturated rings. The number of hydrogen-bond acceptors (Lipinski definition) is 4. The molecule has 25 heavy (non-hydrogen) atoms. The third kappa shape index (κ3) is 4.91. The van der Waals surface area contributed by atoms with E-state index in [1.54, 1.807) is 19.1 Å². The number of carbonyl (C=O) groups is 1. The third-order valence-corrected chi connectivity index (χ3v) is 4.03. The van der Waals surface area contributed by atoms with E-state index in [9.17, 15) is 10.1 Å². The molecule has 4 heteroatoms. The molecule has 0 bridgehead atoms. The number of nitrogens with zero attached hydrogens (tertiary/aromatic N) is 1. The summed E-state index contributed by atoms with van der Waals surface area (Å²) in [5, 5.41) is 9.77. The van der Waals surface area contributed by atoms with E-state index in [1.807, 2.05) is 48.5 Å². The van der Waals surface area contributed by atoms with Gasteiger partial charge in [0.25, 0.3) is 0 Å². The Hall–Kier alpha value is -2.64. The first-order valence-corrected chi connectivity index (χ1v) is 8.48. The normalized spacial score (nSPS) is 12.8. The fourth-order valence-corrected chi connectivity index (χ4v) is 2.71. The predicted octanol–water partition coefficient (Wildman–Crippen LogP) is 4.01. The van der Waals surface area contributed by atoms with E-state index in [2.05, 4.69) is 6.07 Å². The fraction of sp³-hybridized carbons (Fsp3) is 0.333.